The highest BCUT2D eigenvalue weighted by molar-refractivity contribution is 5.95. The first kappa shape index (κ1) is 19.9. The van der Waals surface area contributed by atoms with Gasteiger partial charge in [0.1, 0.15) is 5.82 Å². The molecule has 2 aromatic heterocycles. The zero-order valence-corrected chi connectivity index (χ0v) is 17.6. The number of hydrogen-bond acceptors (Lipinski definition) is 5. The first-order valence-corrected chi connectivity index (χ1v) is 10.7. The van der Waals surface area contributed by atoms with Crippen LogP contribution in [0.4, 0.5) is 5.82 Å². The highest BCUT2D eigenvalue weighted by Gasteiger charge is 2.21. The predicted molar refractivity (Wildman–Crippen MR) is 127 cm³/mol. The second kappa shape index (κ2) is 8.98. The van der Waals surface area contributed by atoms with E-state index in [9.17, 15) is 4.79 Å². The summed E-state index contributed by atoms with van der Waals surface area (Å²) in [6.45, 7) is 2.78. The molecule has 1 aliphatic heterocycles. The fraction of sp³-hybridized carbons (Fsp3) is 0.154. The first-order chi connectivity index (χ1) is 15.8. The van der Waals surface area contributed by atoms with Crippen LogP contribution in [-0.4, -0.2) is 51.9 Å². The number of nitrogens with zero attached hydrogens (tertiary/aromatic N) is 5. The number of amides is 1. The molecule has 0 spiro atoms. The number of rotatable bonds is 4. The number of carbonyl (C=O) groups excluding carboxylic acids is 1. The van der Waals surface area contributed by atoms with E-state index in [-0.39, 0.29) is 5.91 Å². The van der Waals surface area contributed by atoms with Gasteiger partial charge in [0.25, 0.3) is 0 Å². The standard InChI is InChI=1S/C26H23N5O/c32-24(12-11-21-9-4-8-20-10-5-14-27-25(20)21)31-18-16-30(17-19-31)23-13-15-28-26(29-23)22-6-2-1-3-7-22/h1-15H,16-19H2/b12-11+. The first-order valence-electron chi connectivity index (χ1n) is 10.7. The van der Waals surface area contributed by atoms with E-state index in [1.54, 1.807) is 18.5 Å². The Balaban J connectivity index is 1.24. The number of para-hydroxylation sites is 1. The summed E-state index contributed by atoms with van der Waals surface area (Å²) in [5, 5.41) is 1.07. The molecule has 0 aliphatic carbocycles. The zero-order valence-electron chi connectivity index (χ0n) is 17.6. The van der Waals surface area contributed by atoms with Crippen molar-refractivity contribution < 1.29 is 4.79 Å². The number of pyridine rings is 1. The molecule has 0 atom stereocenters. The minimum Gasteiger partial charge on any atom is -0.353 e. The van der Waals surface area contributed by atoms with Crippen LogP contribution in [0, 0.1) is 0 Å². The molecule has 1 aliphatic rings. The van der Waals surface area contributed by atoms with Gasteiger partial charge in [0.15, 0.2) is 5.82 Å². The molecule has 1 amide bonds. The zero-order chi connectivity index (χ0) is 21.8. The number of carbonyl (C=O) groups is 1. The maximum atomic E-state index is 12.8. The lowest BCUT2D eigenvalue weighted by molar-refractivity contribution is -0.126. The Morgan fingerprint density at radius 1 is 0.812 bits per heavy atom. The van der Waals surface area contributed by atoms with Crippen molar-refractivity contribution in [3.05, 3.63) is 90.8 Å². The lowest BCUT2D eigenvalue weighted by Crippen LogP contribution is -2.48. The van der Waals surface area contributed by atoms with Crippen LogP contribution in [0.25, 0.3) is 28.4 Å². The summed E-state index contributed by atoms with van der Waals surface area (Å²) < 4.78 is 0. The van der Waals surface area contributed by atoms with E-state index in [1.165, 1.54) is 0 Å². The third-order valence-corrected chi connectivity index (χ3v) is 5.66. The Hall–Kier alpha value is -4.06. The number of benzene rings is 2. The SMILES string of the molecule is O=C(/C=C/c1cccc2cccnc12)N1CCN(c2ccnc(-c3ccccc3)n2)CC1. The molecule has 6 heteroatoms. The van der Waals surface area contributed by atoms with Crippen molar-refractivity contribution in [3.8, 4) is 11.4 Å². The summed E-state index contributed by atoms with van der Waals surface area (Å²) in [4.78, 5) is 30.4. The van der Waals surface area contributed by atoms with Crippen LogP contribution in [0.15, 0.2) is 85.2 Å². The number of piperazine rings is 1. The summed E-state index contributed by atoms with van der Waals surface area (Å²) in [6, 6.07) is 21.8. The van der Waals surface area contributed by atoms with Crippen LogP contribution in [0.2, 0.25) is 0 Å². The third-order valence-electron chi connectivity index (χ3n) is 5.66. The van der Waals surface area contributed by atoms with E-state index >= 15 is 0 Å². The summed E-state index contributed by atoms with van der Waals surface area (Å²) in [7, 11) is 0. The maximum absolute atomic E-state index is 12.8. The Bertz CT molecular complexity index is 1260. The molecule has 1 fully saturated rings. The monoisotopic (exact) mass is 421 g/mol. The highest BCUT2D eigenvalue weighted by atomic mass is 16.2. The van der Waals surface area contributed by atoms with Crippen molar-refractivity contribution in [2.24, 2.45) is 0 Å². The van der Waals surface area contributed by atoms with E-state index in [0.717, 1.165) is 40.9 Å². The van der Waals surface area contributed by atoms with E-state index in [2.05, 4.69) is 14.9 Å². The molecule has 3 heterocycles. The Kier molecular flexibility index (Phi) is 5.58. The van der Waals surface area contributed by atoms with Crippen molar-refractivity contribution in [1.29, 1.82) is 0 Å². The summed E-state index contributed by atoms with van der Waals surface area (Å²) in [5.74, 6) is 1.63. The molecular weight excluding hydrogens is 398 g/mol. The molecule has 0 N–H and O–H groups in total. The second-order valence-corrected chi connectivity index (χ2v) is 7.67. The molecule has 2 aromatic carbocycles. The third kappa shape index (κ3) is 4.21. The van der Waals surface area contributed by atoms with Crippen molar-refractivity contribution in [2.45, 2.75) is 0 Å². The topological polar surface area (TPSA) is 62.2 Å². The quantitative estimate of drug-likeness (QED) is 0.465. The molecule has 158 valence electrons. The van der Waals surface area contributed by atoms with Gasteiger partial charge < -0.3 is 9.80 Å². The molecule has 0 radical (unpaired) electrons. The van der Waals surface area contributed by atoms with Crippen LogP contribution < -0.4 is 4.90 Å². The average Bonchev–Trinajstić information content (AvgIpc) is 2.88. The Morgan fingerprint density at radius 3 is 2.47 bits per heavy atom. The van der Waals surface area contributed by atoms with Crippen LogP contribution in [-0.2, 0) is 4.79 Å². The van der Waals surface area contributed by atoms with Gasteiger partial charge in [0, 0.05) is 61.2 Å². The van der Waals surface area contributed by atoms with Crippen molar-refractivity contribution >= 4 is 28.7 Å². The van der Waals surface area contributed by atoms with Gasteiger partial charge >= 0.3 is 0 Å². The minimum absolute atomic E-state index is 0.0187. The summed E-state index contributed by atoms with van der Waals surface area (Å²) in [6.07, 6.45) is 7.08. The van der Waals surface area contributed by atoms with E-state index in [4.69, 9.17) is 4.98 Å². The molecule has 4 aromatic rings. The molecular formula is C26H23N5O. The predicted octanol–water partition coefficient (Wildman–Crippen LogP) is 4.05. The smallest absolute Gasteiger partial charge is 0.246 e. The molecule has 5 rings (SSSR count). The van der Waals surface area contributed by atoms with E-state index in [1.807, 2.05) is 77.7 Å². The van der Waals surface area contributed by atoms with Gasteiger partial charge in [-0.05, 0) is 18.2 Å². The fourth-order valence-electron chi connectivity index (χ4n) is 3.94. The normalized spacial score (nSPS) is 14.2. The van der Waals surface area contributed by atoms with Crippen LogP contribution in [0.3, 0.4) is 0 Å². The van der Waals surface area contributed by atoms with Crippen LogP contribution in [0.5, 0.6) is 0 Å². The van der Waals surface area contributed by atoms with Gasteiger partial charge in [-0.3, -0.25) is 9.78 Å². The fourth-order valence-corrected chi connectivity index (χ4v) is 3.94. The van der Waals surface area contributed by atoms with Crippen molar-refractivity contribution in [1.82, 2.24) is 19.9 Å². The van der Waals surface area contributed by atoms with Gasteiger partial charge in [0.2, 0.25) is 5.91 Å². The van der Waals surface area contributed by atoms with Gasteiger partial charge in [0.05, 0.1) is 5.52 Å². The summed E-state index contributed by atoms with van der Waals surface area (Å²) in [5.41, 5.74) is 2.85. The highest BCUT2D eigenvalue weighted by Crippen LogP contribution is 2.20. The lowest BCUT2D eigenvalue weighted by Gasteiger charge is -2.35. The van der Waals surface area contributed by atoms with Crippen LogP contribution >= 0.6 is 0 Å². The van der Waals surface area contributed by atoms with Gasteiger partial charge in [-0.15, -0.1) is 0 Å². The molecule has 0 saturated carbocycles. The van der Waals surface area contributed by atoms with Gasteiger partial charge in [-0.1, -0.05) is 54.6 Å². The maximum Gasteiger partial charge on any atom is 0.246 e. The largest absolute Gasteiger partial charge is 0.353 e. The number of fused-ring (bicyclic) bond motifs is 1. The van der Waals surface area contributed by atoms with E-state index in [0.29, 0.717) is 18.9 Å². The molecule has 0 unspecified atom stereocenters. The number of hydrogen-bond donors (Lipinski definition) is 0. The molecule has 1 saturated heterocycles. The van der Waals surface area contributed by atoms with Crippen molar-refractivity contribution in [3.63, 3.8) is 0 Å². The van der Waals surface area contributed by atoms with E-state index < -0.39 is 0 Å². The number of anilines is 1. The minimum atomic E-state index is 0.0187. The van der Waals surface area contributed by atoms with Gasteiger partial charge in [-0.25, -0.2) is 9.97 Å². The Labute approximate surface area is 186 Å². The van der Waals surface area contributed by atoms with Crippen LogP contribution in [0.1, 0.15) is 5.56 Å². The number of aromatic nitrogens is 3. The Morgan fingerprint density at radius 2 is 1.62 bits per heavy atom. The summed E-state index contributed by atoms with van der Waals surface area (Å²) >= 11 is 0. The van der Waals surface area contributed by atoms with Gasteiger partial charge in [-0.2, -0.15) is 0 Å². The molecule has 6 nitrogen and oxygen atoms in total. The average molecular weight is 422 g/mol. The molecule has 0 bridgehead atoms. The van der Waals surface area contributed by atoms with Crippen molar-refractivity contribution in [2.75, 3.05) is 31.1 Å². The molecule has 32 heavy (non-hydrogen) atoms. The second-order valence-electron chi connectivity index (χ2n) is 7.67. The lowest BCUT2D eigenvalue weighted by atomic mass is 10.1.